The number of benzene rings is 1. The van der Waals surface area contributed by atoms with Crippen LogP contribution in [0, 0.1) is 5.92 Å². The molecular weight excluding hydrogens is 328 g/mol. The molecule has 2 amide bonds. The van der Waals surface area contributed by atoms with Gasteiger partial charge in [0.25, 0.3) is 5.91 Å². The summed E-state index contributed by atoms with van der Waals surface area (Å²) in [5.41, 5.74) is 2.55. The summed E-state index contributed by atoms with van der Waals surface area (Å²) >= 11 is 0. The molecule has 4 rings (SSSR count). The van der Waals surface area contributed by atoms with Gasteiger partial charge in [-0.2, -0.15) is 5.10 Å². The number of hydrogen-bond acceptors (Lipinski definition) is 3. The van der Waals surface area contributed by atoms with Crippen molar-refractivity contribution < 1.29 is 9.59 Å². The predicted octanol–water partition coefficient (Wildman–Crippen LogP) is 1.82. The smallest absolute Gasteiger partial charge is 0.255 e. The van der Waals surface area contributed by atoms with Crippen LogP contribution in [-0.4, -0.2) is 27.6 Å². The molecule has 1 aromatic carbocycles. The first-order valence-corrected chi connectivity index (χ1v) is 9.03. The van der Waals surface area contributed by atoms with E-state index in [1.165, 1.54) is 0 Å². The number of carbonyl (C=O) groups excluding carboxylic acids is 2. The van der Waals surface area contributed by atoms with Crippen LogP contribution < -0.4 is 10.6 Å². The molecule has 0 saturated heterocycles. The first-order valence-electron chi connectivity index (χ1n) is 9.03. The normalized spacial score (nSPS) is 18.7. The van der Waals surface area contributed by atoms with E-state index in [-0.39, 0.29) is 23.8 Å². The third-order valence-electron chi connectivity index (χ3n) is 5.05. The highest BCUT2D eigenvalue weighted by atomic mass is 16.2. The van der Waals surface area contributed by atoms with Crippen molar-refractivity contribution in [1.82, 2.24) is 20.4 Å². The Hall–Kier alpha value is -2.89. The summed E-state index contributed by atoms with van der Waals surface area (Å²) in [7, 11) is 0. The van der Waals surface area contributed by atoms with Crippen molar-refractivity contribution in [3.8, 4) is 0 Å². The van der Waals surface area contributed by atoms with E-state index in [9.17, 15) is 9.59 Å². The molecule has 2 N–H and O–H groups in total. The number of rotatable bonds is 5. The predicted molar refractivity (Wildman–Crippen MR) is 97.3 cm³/mol. The molecule has 1 aromatic heterocycles. The molecule has 0 radical (unpaired) electrons. The summed E-state index contributed by atoms with van der Waals surface area (Å²) in [6.07, 6.45) is 8.00. The van der Waals surface area contributed by atoms with E-state index >= 15 is 0 Å². The van der Waals surface area contributed by atoms with Crippen LogP contribution in [-0.2, 0) is 24.3 Å². The fourth-order valence-electron chi connectivity index (χ4n) is 3.60. The van der Waals surface area contributed by atoms with Crippen LogP contribution in [0.2, 0.25) is 0 Å². The molecular formula is C20H22N4O2. The van der Waals surface area contributed by atoms with Gasteiger partial charge in [0.15, 0.2) is 0 Å². The molecule has 2 aromatic rings. The Bertz CT molecular complexity index is 833. The molecule has 6 nitrogen and oxygen atoms in total. The Morgan fingerprint density at radius 2 is 1.92 bits per heavy atom. The van der Waals surface area contributed by atoms with Gasteiger partial charge in [-0.25, -0.2) is 0 Å². The lowest BCUT2D eigenvalue weighted by molar-refractivity contribution is -0.125. The fraction of sp³-hybridized carbons (Fsp3) is 0.350. The van der Waals surface area contributed by atoms with Crippen molar-refractivity contribution >= 4 is 11.8 Å². The molecule has 0 fully saturated rings. The van der Waals surface area contributed by atoms with E-state index in [4.69, 9.17) is 0 Å². The van der Waals surface area contributed by atoms with Crippen molar-refractivity contribution in [2.24, 2.45) is 5.92 Å². The zero-order valence-electron chi connectivity index (χ0n) is 14.5. The highest BCUT2D eigenvalue weighted by Gasteiger charge is 2.30. The molecule has 1 aliphatic heterocycles. The second-order valence-corrected chi connectivity index (χ2v) is 6.90. The number of hydrogen-bond donors (Lipinski definition) is 2. The topological polar surface area (TPSA) is 76.0 Å². The Kier molecular flexibility index (Phi) is 4.56. The molecule has 0 unspecified atom stereocenters. The van der Waals surface area contributed by atoms with Gasteiger partial charge in [0.1, 0.15) is 0 Å². The average Bonchev–Trinajstić information content (AvgIpc) is 3.37. The lowest BCUT2D eigenvalue weighted by Crippen LogP contribution is -2.39. The molecule has 0 spiro atoms. The van der Waals surface area contributed by atoms with Gasteiger partial charge in [-0.1, -0.05) is 42.5 Å². The van der Waals surface area contributed by atoms with Crippen LogP contribution in [0.1, 0.15) is 34.5 Å². The summed E-state index contributed by atoms with van der Waals surface area (Å²) in [5.74, 6) is 0.0273. The van der Waals surface area contributed by atoms with Crippen molar-refractivity contribution in [2.75, 3.05) is 0 Å². The standard InChI is InChI=1S/C20H22N4O2/c25-19(15-8-4-5-9-15)23-16-10-18-17(12-22-24(18)13-16)20(26)21-11-14-6-2-1-3-7-14/h1-7,12,15-16H,8-11,13H2,(H,21,26)(H,23,25)/t16-/m0/s1. The number of nitrogens with zero attached hydrogens (tertiary/aromatic N) is 2. The van der Waals surface area contributed by atoms with Gasteiger partial charge in [0.05, 0.1) is 30.0 Å². The van der Waals surface area contributed by atoms with Gasteiger partial charge in [0.2, 0.25) is 5.91 Å². The SMILES string of the molecule is O=C(NCc1ccccc1)c1cnn2c1C[C@H](NC(=O)C1CC=CC1)C2. The highest BCUT2D eigenvalue weighted by Crippen LogP contribution is 2.22. The molecule has 2 aliphatic rings. The molecule has 1 atom stereocenters. The molecule has 1 aliphatic carbocycles. The highest BCUT2D eigenvalue weighted by molar-refractivity contribution is 5.95. The largest absolute Gasteiger partial charge is 0.351 e. The van der Waals surface area contributed by atoms with Crippen LogP contribution in [0.4, 0.5) is 0 Å². The lowest BCUT2D eigenvalue weighted by Gasteiger charge is -2.15. The van der Waals surface area contributed by atoms with E-state index in [2.05, 4.69) is 27.9 Å². The Balaban J connectivity index is 1.35. The maximum absolute atomic E-state index is 12.5. The van der Waals surface area contributed by atoms with Crippen LogP contribution in [0.3, 0.4) is 0 Å². The van der Waals surface area contributed by atoms with E-state index in [0.29, 0.717) is 25.1 Å². The quantitative estimate of drug-likeness (QED) is 0.808. The number of allylic oxidation sites excluding steroid dienone is 2. The van der Waals surface area contributed by atoms with Gasteiger partial charge in [-0.05, 0) is 18.4 Å². The minimum absolute atomic E-state index is 0.00692. The zero-order valence-corrected chi connectivity index (χ0v) is 14.5. The monoisotopic (exact) mass is 350 g/mol. The molecule has 6 heteroatoms. The average molecular weight is 350 g/mol. The summed E-state index contributed by atoms with van der Waals surface area (Å²) < 4.78 is 1.83. The minimum Gasteiger partial charge on any atom is -0.351 e. The number of fused-ring (bicyclic) bond motifs is 1. The zero-order chi connectivity index (χ0) is 17.9. The minimum atomic E-state index is -0.123. The van der Waals surface area contributed by atoms with E-state index in [1.807, 2.05) is 35.0 Å². The maximum Gasteiger partial charge on any atom is 0.255 e. The van der Waals surface area contributed by atoms with E-state index < -0.39 is 0 Å². The summed E-state index contributed by atoms with van der Waals surface area (Å²) in [6, 6.07) is 9.82. The van der Waals surface area contributed by atoms with Crippen LogP contribution in [0.5, 0.6) is 0 Å². The summed E-state index contributed by atoms with van der Waals surface area (Å²) in [4.78, 5) is 24.8. The van der Waals surface area contributed by atoms with Crippen molar-refractivity contribution in [3.63, 3.8) is 0 Å². The lowest BCUT2D eigenvalue weighted by atomic mass is 10.1. The fourth-order valence-corrected chi connectivity index (χ4v) is 3.60. The van der Waals surface area contributed by atoms with Crippen molar-refractivity contribution in [1.29, 1.82) is 0 Å². The van der Waals surface area contributed by atoms with Gasteiger partial charge >= 0.3 is 0 Å². The Morgan fingerprint density at radius 3 is 2.69 bits per heavy atom. The maximum atomic E-state index is 12.5. The van der Waals surface area contributed by atoms with Crippen LogP contribution in [0.25, 0.3) is 0 Å². The summed E-state index contributed by atoms with van der Waals surface area (Å²) in [5, 5.41) is 10.4. The van der Waals surface area contributed by atoms with Gasteiger partial charge in [0, 0.05) is 18.9 Å². The third-order valence-corrected chi connectivity index (χ3v) is 5.05. The number of amides is 2. The number of nitrogens with one attached hydrogen (secondary N) is 2. The molecule has 0 bridgehead atoms. The first-order chi connectivity index (χ1) is 12.7. The van der Waals surface area contributed by atoms with Gasteiger partial charge < -0.3 is 10.6 Å². The second kappa shape index (κ2) is 7.15. The first kappa shape index (κ1) is 16.6. The van der Waals surface area contributed by atoms with Crippen molar-refractivity contribution in [2.45, 2.75) is 38.4 Å². The van der Waals surface area contributed by atoms with Crippen molar-refractivity contribution in [3.05, 3.63) is 65.5 Å². The molecule has 2 heterocycles. The molecule has 26 heavy (non-hydrogen) atoms. The Labute approximate surface area is 152 Å². The summed E-state index contributed by atoms with van der Waals surface area (Å²) in [6.45, 7) is 1.10. The molecule has 0 saturated carbocycles. The molecule has 134 valence electrons. The second-order valence-electron chi connectivity index (χ2n) is 6.90. The van der Waals surface area contributed by atoms with Gasteiger partial charge in [-0.3, -0.25) is 14.3 Å². The number of aromatic nitrogens is 2. The number of carbonyl (C=O) groups is 2. The van der Waals surface area contributed by atoms with Gasteiger partial charge in [-0.15, -0.1) is 0 Å². The third kappa shape index (κ3) is 3.40. The van der Waals surface area contributed by atoms with Crippen LogP contribution in [0.15, 0.2) is 48.7 Å². The van der Waals surface area contributed by atoms with E-state index in [1.54, 1.807) is 6.20 Å². The van der Waals surface area contributed by atoms with E-state index in [0.717, 1.165) is 24.1 Å². The van der Waals surface area contributed by atoms with Crippen LogP contribution >= 0.6 is 0 Å². The Morgan fingerprint density at radius 1 is 1.15 bits per heavy atom.